The minimum atomic E-state index is -2.84. The standard InChI is InChI=1S/C41H43NO4Si/c1-41(2,3)47(33-21-12-6-13-22-33,34-23-14-7-15-24-34)46-39-26-16-25-35-36(38(43)28-27-37(35)39)29-30-45-40(44)42(31-17-8-4-9-18-31)32-19-10-5-11-20-32/h4-26,36,38,43H,27-30H2,1-3H3/t36-,38+/m1/s1. The SMILES string of the molecule is CC(C)(C)[Si](Oc1cccc2c1CC[C@H](O)[C@@H]2CCOC(=O)N(c1ccccc1)c1ccccc1)(c1ccccc1)c1ccccc1. The molecule has 0 heterocycles. The van der Waals surface area contributed by atoms with Gasteiger partial charge in [0.25, 0.3) is 0 Å². The van der Waals surface area contributed by atoms with E-state index >= 15 is 0 Å². The molecule has 0 fully saturated rings. The Morgan fingerprint density at radius 3 is 1.77 bits per heavy atom. The minimum Gasteiger partial charge on any atom is -0.534 e. The molecule has 1 aliphatic carbocycles. The first-order valence-corrected chi connectivity index (χ1v) is 18.4. The largest absolute Gasteiger partial charge is 0.534 e. The van der Waals surface area contributed by atoms with Gasteiger partial charge < -0.3 is 14.3 Å². The summed E-state index contributed by atoms with van der Waals surface area (Å²) in [7, 11) is -2.84. The third-order valence-corrected chi connectivity index (χ3v) is 14.2. The first kappa shape index (κ1) is 32.3. The van der Waals surface area contributed by atoms with E-state index in [9.17, 15) is 9.90 Å². The van der Waals surface area contributed by atoms with Crippen LogP contribution in [0.2, 0.25) is 5.04 Å². The van der Waals surface area contributed by atoms with Gasteiger partial charge in [0.15, 0.2) is 0 Å². The molecule has 47 heavy (non-hydrogen) atoms. The lowest BCUT2D eigenvalue weighted by molar-refractivity contribution is 0.101. The van der Waals surface area contributed by atoms with E-state index < -0.39 is 20.5 Å². The van der Waals surface area contributed by atoms with E-state index in [4.69, 9.17) is 9.16 Å². The van der Waals surface area contributed by atoms with Gasteiger partial charge in [0, 0.05) is 5.92 Å². The number of aliphatic hydroxyl groups excluding tert-OH is 1. The number of benzene rings is 5. The number of fused-ring (bicyclic) bond motifs is 1. The maximum Gasteiger partial charge on any atom is 0.418 e. The van der Waals surface area contributed by atoms with Crippen molar-refractivity contribution in [2.75, 3.05) is 11.5 Å². The molecule has 6 heteroatoms. The molecule has 0 unspecified atom stereocenters. The zero-order valence-electron chi connectivity index (χ0n) is 27.4. The van der Waals surface area contributed by atoms with Crippen molar-refractivity contribution >= 4 is 36.2 Å². The van der Waals surface area contributed by atoms with Crippen LogP contribution in [0.5, 0.6) is 5.75 Å². The molecule has 0 aromatic heterocycles. The molecular weight excluding hydrogens is 599 g/mol. The third kappa shape index (κ3) is 6.62. The van der Waals surface area contributed by atoms with Crippen LogP contribution in [0.3, 0.4) is 0 Å². The normalized spacial score (nSPS) is 16.2. The van der Waals surface area contributed by atoms with Gasteiger partial charge >= 0.3 is 14.4 Å². The summed E-state index contributed by atoms with van der Waals surface area (Å²) in [5.74, 6) is 0.696. The van der Waals surface area contributed by atoms with Crippen LogP contribution in [0.1, 0.15) is 50.7 Å². The third-order valence-electron chi connectivity index (χ3n) is 9.27. The number of aliphatic hydroxyl groups is 1. The highest BCUT2D eigenvalue weighted by Gasteiger charge is 2.52. The summed E-state index contributed by atoms with van der Waals surface area (Å²) < 4.78 is 13.4. The Bertz CT molecular complexity index is 1680. The van der Waals surface area contributed by atoms with Crippen molar-refractivity contribution in [2.24, 2.45) is 0 Å². The van der Waals surface area contributed by atoms with Gasteiger partial charge in [-0.2, -0.15) is 0 Å². The molecule has 1 amide bonds. The van der Waals surface area contributed by atoms with Gasteiger partial charge in [-0.1, -0.05) is 130 Å². The van der Waals surface area contributed by atoms with Crippen molar-refractivity contribution in [1.29, 1.82) is 0 Å². The number of carbonyl (C=O) groups is 1. The second-order valence-electron chi connectivity index (χ2n) is 13.2. The number of nitrogens with zero attached hydrogens (tertiary/aromatic N) is 1. The molecule has 0 spiro atoms. The molecule has 1 aliphatic rings. The lowest BCUT2D eigenvalue weighted by Crippen LogP contribution is -2.69. The van der Waals surface area contributed by atoms with Gasteiger partial charge in [-0.25, -0.2) is 9.69 Å². The summed E-state index contributed by atoms with van der Waals surface area (Å²) in [5.41, 5.74) is 3.67. The van der Waals surface area contributed by atoms with Gasteiger partial charge in [0.1, 0.15) is 5.75 Å². The van der Waals surface area contributed by atoms with E-state index in [0.717, 1.165) is 34.7 Å². The summed E-state index contributed by atoms with van der Waals surface area (Å²) >= 11 is 0. The summed E-state index contributed by atoms with van der Waals surface area (Å²) in [6, 6.07) is 46.6. The van der Waals surface area contributed by atoms with E-state index in [1.165, 1.54) is 10.4 Å². The lowest BCUT2D eigenvalue weighted by Gasteiger charge is -2.44. The Morgan fingerprint density at radius 1 is 0.745 bits per heavy atom. The fourth-order valence-electron chi connectivity index (χ4n) is 7.01. The highest BCUT2D eigenvalue weighted by molar-refractivity contribution is 7.00. The number of para-hydroxylation sites is 2. The van der Waals surface area contributed by atoms with Gasteiger partial charge in [-0.3, -0.25) is 0 Å². The molecule has 6 rings (SSSR count). The number of amides is 1. The molecule has 0 aliphatic heterocycles. The van der Waals surface area contributed by atoms with Crippen LogP contribution in [0.4, 0.5) is 16.2 Å². The van der Waals surface area contributed by atoms with Crippen LogP contribution in [0.25, 0.3) is 0 Å². The van der Waals surface area contributed by atoms with Crippen LogP contribution in [0.15, 0.2) is 140 Å². The van der Waals surface area contributed by atoms with Gasteiger partial charge in [-0.15, -0.1) is 0 Å². The van der Waals surface area contributed by atoms with E-state index in [0.29, 0.717) is 12.8 Å². The van der Waals surface area contributed by atoms with Crippen LogP contribution in [-0.4, -0.2) is 32.2 Å². The summed E-state index contributed by atoms with van der Waals surface area (Å²) in [6.45, 7) is 7.02. The number of ether oxygens (including phenoxy) is 1. The average Bonchev–Trinajstić information content (AvgIpc) is 3.09. The van der Waals surface area contributed by atoms with E-state index in [1.807, 2.05) is 66.7 Å². The van der Waals surface area contributed by atoms with Crippen LogP contribution < -0.4 is 19.7 Å². The minimum absolute atomic E-state index is 0.177. The van der Waals surface area contributed by atoms with Crippen LogP contribution >= 0.6 is 0 Å². The number of hydrogen-bond acceptors (Lipinski definition) is 4. The topological polar surface area (TPSA) is 59.0 Å². The molecule has 0 radical (unpaired) electrons. The first-order valence-electron chi connectivity index (χ1n) is 16.5. The maximum atomic E-state index is 13.5. The number of carbonyl (C=O) groups excluding carboxylic acids is 1. The fourth-order valence-corrected chi connectivity index (χ4v) is 11.5. The number of anilines is 2. The van der Waals surface area contributed by atoms with Crippen molar-refractivity contribution in [2.45, 2.75) is 57.1 Å². The predicted molar refractivity (Wildman–Crippen MR) is 193 cm³/mol. The Hall–Kier alpha value is -4.65. The van der Waals surface area contributed by atoms with Gasteiger partial charge in [0.2, 0.25) is 0 Å². The van der Waals surface area contributed by atoms with E-state index in [1.54, 1.807) is 4.90 Å². The maximum absolute atomic E-state index is 13.5. The fraction of sp³-hybridized carbons (Fsp3) is 0.244. The zero-order chi connectivity index (χ0) is 32.9. The quantitative estimate of drug-likeness (QED) is 0.164. The molecule has 5 nitrogen and oxygen atoms in total. The molecule has 5 aromatic carbocycles. The Labute approximate surface area is 279 Å². The van der Waals surface area contributed by atoms with Crippen LogP contribution in [-0.2, 0) is 11.2 Å². The predicted octanol–water partition coefficient (Wildman–Crippen LogP) is 8.38. The van der Waals surface area contributed by atoms with Gasteiger partial charge in [0.05, 0.1) is 24.1 Å². The molecular formula is C41H43NO4Si. The molecule has 5 aromatic rings. The molecule has 0 bridgehead atoms. The molecule has 1 N–H and O–H groups in total. The smallest absolute Gasteiger partial charge is 0.418 e. The number of hydrogen-bond donors (Lipinski definition) is 1. The first-order chi connectivity index (χ1) is 22.8. The van der Waals surface area contributed by atoms with Gasteiger partial charge in [-0.05, 0) is 76.1 Å². The van der Waals surface area contributed by atoms with Crippen molar-refractivity contribution in [3.8, 4) is 5.75 Å². The summed E-state index contributed by atoms with van der Waals surface area (Å²) in [5, 5.41) is 13.5. The second-order valence-corrected chi connectivity index (χ2v) is 17.4. The van der Waals surface area contributed by atoms with E-state index in [-0.39, 0.29) is 17.6 Å². The average molecular weight is 642 g/mol. The van der Waals surface area contributed by atoms with E-state index in [2.05, 4.69) is 93.6 Å². The highest BCUT2D eigenvalue weighted by Crippen LogP contribution is 2.43. The molecule has 2 atom stereocenters. The summed E-state index contributed by atoms with van der Waals surface area (Å²) in [6.07, 6.45) is 0.851. The van der Waals surface area contributed by atoms with Crippen LogP contribution in [0, 0.1) is 0 Å². The Balaban J connectivity index is 1.28. The summed E-state index contributed by atoms with van der Waals surface area (Å²) in [4.78, 5) is 15.1. The Morgan fingerprint density at radius 2 is 1.26 bits per heavy atom. The second kappa shape index (κ2) is 14.0. The molecule has 240 valence electrons. The number of rotatable bonds is 9. The molecule has 0 saturated heterocycles. The van der Waals surface area contributed by atoms with Crippen molar-refractivity contribution in [3.63, 3.8) is 0 Å². The molecule has 0 saturated carbocycles. The monoisotopic (exact) mass is 641 g/mol. The Kier molecular flexibility index (Phi) is 9.62. The highest BCUT2D eigenvalue weighted by atomic mass is 28.4. The van der Waals surface area contributed by atoms with Crippen molar-refractivity contribution in [3.05, 3.63) is 151 Å². The zero-order valence-corrected chi connectivity index (χ0v) is 28.4. The van der Waals surface area contributed by atoms with Crippen molar-refractivity contribution < 1.29 is 19.1 Å². The van der Waals surface area contributed by atoms with Crippen molar-refractivity contribution in [1.82, 2.24) is 0 Å². The lowest BCUT2D eigenvalue weighted by atomic mass is 9.79.